The number of hydrogen-bond acceptors (Lipinski definition) is 5. The molecule has 1 saturated heterocycles. The molecule has 1 aromatic carbocycles. The van der Waals surface area contributed by atoms with Crippen LogP contribution >= 0.6 is 0 Å². The highest BCUT2D eigenvalue weighted by Gasteiger charge is 2.51. The van der Waals surface area contributed by atoms with Crippen molar-refractivity contribution in [3.8, 4) is 5.75 Å². The number of benzene rings is 1. The lowest BCUT2D eigenvalue weighted by Crippen LogP contribution is -2.53. The molecular weight excluding hydrogens is 480 g/mol. The summed E-state index contributed by atoms with van der Waals surface area (Å²) in [5.41, 5.74) is 1.98. The summed E-state index contributed by atoms with van der Waals surface area (Å²) in [6, 6.07) is 7.46. The summed E-state index contributed by atoms with van der Waals surface area (Å²) in [4.78, 5) is 32.0. The Morgan fingerprint density at radius 1 is 1.11 bits per heavy atom. The van der Waals surface area contributed by atoms with Crippen molar-refractivity contribution in [2.45, 2.75) is 60.0 Å². The van der Waals surface area contributed by atoms with Gasteiger partial charge < -0.3 is 24.6 Å². The summed E-state index contributed by atoms with van der Waals surface area (Å²) >= 11 is 0. The summed E-state index contributed by atoms with van der Waals surface area (Å²) in [5.74, 6) is 2.12. The number of allylic oxidation sites excluding steroid dienone is 1. The van der Waals surface area contributed by atoms with Crippen LogP contribution in [-0.2, 0) is 4.74 Å². The SMILES string of the molecule is CCOc1ccc(NC(=O)N(CCN2CCN(C(=O)OC(C)(C)C)CC2)CC2=CCC3CC2C3(C)C)cc1. The fraction of sp³-hybridized carbons (Fsp3) is 0.667. The molecule has 2 unspecified atom stereocenters. The third-order valence-corrected chi connectivity index (χ3v) is 8.37. The summed E-state index contributed by atoms with van der Waals surface area (Å²) in [5, 5.41) is 3.10. The fourth-order valence-corrected chi connectivity index (χ4v) is 5.87. The first-order chi connectivity index (χ1) is 18.0. The molecule has 0 aromatic heterocycles. The summed E-state index contributed by atoms with van der Waals surface area (Å²) < 4.78 is 11.1. The van der Waals surface area contributed by atoms with Crippen LogP contribution < -0.4 is 10.1 Å². The van der Waals surface area contributed by atoms with E-state index in [1.165, 1.54) is 12.0 Å². The number of nitrogens with one attached hydrogen (secondary N) is 1. The topological polar surface area (TPSA) is 74.4 Å². The Labute approximate surface area is 228 Å². The van der Waals surface area contributed by atoms with E-state index in [9.17, 15) is 9.59 Å². The predicted octanol–water partition coefficient (Wildman–Crippen LogP) is 5.46. The van der Waals surface area contributed by atoms with Crippen LogP contribution in [0.4, 0.5) is 15.3 Å². The van der Waals surface area contributed by atoms with Crippen LogP contribution in [0.25, 0.3) is 0 Å². The van der Waals surface area contributed by atoms with Crippen LogP contribution in [0, 0.1) is 17.3 Å². The molecule has 0 radical (unpaired) electrons. The van der Waals surface area contributed by atoms with Crippen molar-refractivity contribution in [3.63, 3.8) is 0 Å². The lowest BCUT2D eigenvalue weighted by atomic mass is 9.49. The predicted molar refractivity (Wildman–Crippen MR) is 151 cm³/mol. The van der Waals surface area contributed by atoms with Crippen molar-refractivity contribution in [2.24, 2.45) is 17.3 Å². The molecule has 1 saturated carbocycles. The second kappa shape index (κ2) is 11.6. The number of piperazine rings is 1. The van der Waals surface area contributed by atoms with Crippen LogP contribution in [0.3, 0.4) is 0 Å². The number of amides is 3. The Kier molecular flexibility index (Phi) is 8.60. The Balaban J connectivity index is 1.36. The number of nitrogens with zero attached hydrogens (tertiary/aromatic N) is 3. The van der Waals surface area contributed by atoms with Gasteiger partial charge in [-0.1, -0.05) is 25.5 Å². The van der Waals surface area contributed by atoms with Crippen LogP contribution in [-0.4, -0.2) is 84.8 Å². The molecule has 4 aliphatic rings. The molecule has 1 aromatic rings. The van der Waals surface area contributed by atoms with E-state index < -0.39 is 5.60 Å². The highest BCUT2D eigenvalue weighted by Crippen LogP contribution is 2.59. The minimum Gasteiger partial charge on any atom is -0.494 e. The summed E-state index contributed by atoms with van der Waals surface area (Å²) in [6.07, 6.45) is 4.47. The van der Waals surface area contributed by atoms with E-state index in [4.69, 9.17) is 9.47 Å². The van der Waals surface area contributed by atoms with Crippen molar-refractivity contribution < 1.29 is 19.1 Å². The molecule has 38 heavy (non-hydrogen) atoms. The summed E-state index contributed by atoms with van der Waals surface area (Å²) in [7, 11) is 0. The molecule has 3 amide bonds. The van der Waals surface area contributed by atoms with Gasteiger partial charge in [0, 0.05) is 51.5 Å². The average Bonchev–Trinajstić information content (AvgIpc) is 2.87. The van der Waals surface area contributed by atoms with E-state index in [1.807, 2.05) is 56.9 Å². The molecule has 2 bridgehead atoms. The highest BCUT2D eigenvalue weighted by molar-refractivity contribution is 5.89. The van der Waals surface area contributed by atoms with Gasteiger partial charge in [0.2, 0.25) is 0 Å². The lowest BCUT2D eigenvalue weighted by molar-refractivity contribution is -0.00981. The maximum Gasteiger partial charge on any atom is 0.410 e. The van der Waals surface area contributed by atoms with Crippen molar-refractivity contribution in [3.05, 3.63) is 35.9 Å². The molecule has 8 nitrogen and oxygen atoms in total. The van der Waals surface area contributed by atoms with Gasteiger partial charge in [0.05, 0.1) is 6.61 Å². The van der Waals surface area contributed by atoms with E-state index >= 15 is 0 Å². The van der Waals surface area contributed by atoms with Crippen molar-refractivity contribution in [2.75, 3.05) is 57.7 Å². The van der Waals surface area contributed by atoms with E-state index in [-0.39, 0.29) is 12.1 Å². The fourth-order valence-electron chi connectivity index (χ4n) is 5.87. The zero-order valence-corrected chi connectivity index (χ0v) is 24.1. The standard InChI is InChI=1S/C30H46N4O4/c1-7-37-25-12-10-24(11-13-25)31-27(35)34(21-22-8-9-23-20-26(22)30(23,5)6)19-16-32-14-17-33(18-15-32)28(36)38-29(2,3)4/h8,10-13,23,26H,7,9,14-21H2,1-6H3,(H,31,35). The summed E-state index contributed by atoms with van der Waals surface area (Å²) in [6.45, 7) is 17.8. The first-order valence-corrected chi connectivity index (χ1v) is 14.1. The number of fused-ring (bicyclic) bond motifs is 1. The van der Waals surface area contributed by atoms with Crippen molar-refractivity contribution >= 4 is 17.8 Å². The zero-order valence-electron chi connectivity index (χ0n) is 24.1. The molecule has 1 heterocycles. The van der Waals surface area contributed by atoms with Crippen LogP contribution in [0.2, 0.25) is 0 Å². The number of anilines is 1. The number of carbonyl (C=O) groups excluding carboxylic acids is 2. The van der Waals surface area contributed by atoms with Gasteiger partial charge in [-0.2, -0.15) is 0 Å². The maximum atomic E-state index is 13.5. The van der Waals surface area contributed by atoms with Crippen molar-refractivity contribution in [1.82, 2.24) is 14.7 Å². The number of carbonyl (C=O) groups is 2. The number of ether oxygens (including phenoxy) is 2. The van der Waals surface area contributed by atoms with Gasteiger partial charge in [-0.15, -0.1) is 0 Å². The number of hydrogen-bond donors (Lipinski definition) is 1. The molecule has 1 N–H and O–H groups in total. The van der Waals surface area contributed by atoms with Gasteiger partial charge in [-0.3, -0.25) is 4.90 Å². The second-order valence-corrected chi connectivity index (χ2v) is 12.4. The Hall–Kier alpha value is -2.74. The van der Waals surface area contributed by atoms with E-state index in [2.05, 4.69) is 30.1 Å². The number of rotatable bonds is 8. The van der Waals surface area contributed by atoms with Crippen molar-refractivity contribution in [1.29, 1.82) is 0 Å². The smallest absolute Gasteiger partial charge is 0.410 e. The molecule has 2 fully saturated rings. The van der Waals surface area contributed by atoms with Gasteiger partial charge in [0.15, 0.2) is 0 Å². The molecule has 5 rings (SSSR count). The molecular formula is C30H46N4O4. The van der Waals surface area contributed by atoms with E-state index in [0.29, 0.717) is 44.1 Å². The average molecular weight is 527 g/mol. The van der Waals surface area contributed by atoms with Gasteiger partial charge in [0.25, 0.3) is 0 Å². The van der Waals surface area contributed by atoms with Gasteiger partial charge >= 0.3 is 12.1 Å². The third kappa shape index (κ3) is 6.82. The lowest BCUT2D eigenvalue weighted by Gasteiger charge is -2.57. The highest BCUT2D eigenvalue weighted by atomic mass is 16.6. The molecule has 2 atom stereocenters. The molecule has 210 valence electrons. The number of urea groups is 1. The first kappa shape index (κ1) is 28.3. The molecule has 3 aliphatic carbocycles. The Morgan fingerprint density at radius 3 is 2.37 bits per heavy atom. The van der Waals surface area contributed by atoms with Gasteiger partial charge in [-0.05, 0) is 82.1 Å². The normalized spacial score (nSPS) is 22.7. The third-order valence-electron chi connectivity index (χ3n) is 8.37. The molecule has 8 heteroatoms. The maximum absolute atomic E-state index is 13.5. The van der Waals surface area contributed by atoms with E-state index in [1.54, 1.807) is 4.90 Å². The minimum absolute atomic E-state index is 0.0818. The monoisotopic (exact) mass is 526 g/mol. The Bertz CT molecular complexity index is 1010. The quantitative estimate of drug-likeness (QED) is 0.455. The second-order valence-electron chi connectivity index (χ2n) is 12.4. The zero-order chi connectivity index (χ0) is 27.5. The largest absolute Gasteiger partial charge is 0.494 e. The van der Waals surface area contributed by atoms with Crippen LogP contribution in [0.15, 0.2) is 35.9 Å². The minimum atomic E-state index is -0.492. The van der Waals surface area contributed by atoms with Gasteiger partial charge in [0.1, 0.15) is 11.4 Å². The first-order valence-electron chi connectivity index (χ1n) is 14.1. The molecule has 0 spiro atoms. The van der Waals surface area contributed by atoms with Crippen LogP contribution in [0.1, 0.15) is 54.4 Å². The van der Waals surface area contributed by atoms with Crippen LogP contribution in [0.5, 0.6) is 5.75 Å². The van der Waals surface area contributed by atoms with Gasteiger partial charge in [-0.25, -0.2) is 9.59 Å². The van der Waals surface area contributed by atoms with E-state index in [0.717, 1.165) is 43.4 Å². The molecule has 1 aliphatic heterocycles. The Morgan fingerprint density at radius 2 is 1.79 bits per heavy atom.